The third-order valence-electron chi connectivity index (χ3n) is 4.05. The second-order valence-corrected chi connectivity index (χ2v) is 8.10. The Labute approximate surface area is 182 Å². The molecule has 1 heterocycles. The van der Waals surface area contributed by atoms with Crippen molar-refractivity contribution in [3.63, 3.8) is 0 Å². The molecule has 0 aliphatic heterocycles. The van der Waals surface area contributed by atoms with Crippen LogP contribution in [0.4, 0.5) is 5.69 Å². The van der Waals surface area contributed by atoms with Crippen LogP contribution in [0.3, 0.4) is 0 Å². The predicted molar refractivity (Wildman–Crippen MR) is 111 cm³/mol. The van der Waals surface area contributed by atoms with E-state index < -0.39 is 38.9 Å². The van der Waals surface area contributed by atoms with E-state index in [0.717, 1.165) is 12.1 Å². The summed E-state index contributed by atoms with van der Waals surface area (Å²) < 4.78 is 38.0. The summed E-state index contributed by atoms with van der Waals surface area (Å²) in [6, 6.07) is 15.0. The number of hydrogen-bond donors (Lipinski definition) is 2. The zero-order valence-corrected chi connectivity index (χ0v) is 17.6. The topological polar surface area (TPSA) is 138 Å². The normalized spacial score (nSPS) is 12.1. The van der Waals surface area contributed by atoms with Crippen molar-refractivity contribution in [3.05, 3.63) is 77.0 Å². The van der Waals surface area contributed by atoms with Gasteiger partial charge in [0.15, 0.2) is 0 Å². The number of esters is 1. The number of furan rings is 1. The summed E-state index contributed by atoms with van der Waals surface area (Å²) >= 11 is 6.08. The SMILES string of the molecule is COc1ccc(NC(=O)C(OC(=O)c2ccc(S(N)(=O)=O)o2)c2ccccc2)cc1Cl. The molecule has 0 saturated carbocycles. The second-order valence-electron chi connectivity index (χ2n) is 6.20. The van der Waals surface area contributed by atoms with E-state index in [1.54, 1.807) is 42.5 Å². The fraction of sp³-hybridized carbons (Fsp3) is 0.100. The number of nitrogens with one attached hydrogen (secondary N) is 1. The minimum absolute atomic E-state index is 0.277. The minimum atomic E-state index is -4.14. The van der Waals surface area contributed by atoms with E-state index in [-0.39, 0.29) is 5.02 Å². The van der Waals surface area contributed by atoms with Crippen molar-refractivity contribution in [1.82, 2.24) is 0 Å². The largest absolute Gasteiger partial charge is 0.495 e. The molecule has 3 rings (SSSR count). The van der Waals surface area contributed by atoms with Crippen molar-refractivity contribution < 1.29 is 31.9 Å². The lowest BCUT2D eigenvalue weighted by Gasteiger charge is -2.18. The zero-order valence-electron chi connectivity index (χ0n) is 16.1. The molecular weight excluding hydrogens is 448 g/mol. The second kappa shape index (κ2) is 9.21. The Morgan fingerprint density at radius 2 is 1.81 bits per heavy atom. The number of amides is 1. The van der Waals surface area contributed by atoms with E-state index in [9.17, 15) is 18.0 Å². The van der Waals surface area contributed by atoms with Gasteiger partial charge in [0.05, 0.1) is 12.1 Å². The number of rotatable bonds is 7. The van der Waals surface area contributed by atoms with Gasteiger partial charge >= 0.3 is 5.97 Å². The molecular formula is C20H17ClN2O7S. The third-order valence-corrected chi connectivity index (χ3v) is 5.12. The standard InChI is InChI=1S/C20H17ClN2O7S/c1-28-15-8-7-13(11-14(15)21)23-19(24)18(12-5-3-2-4-6-12)30-20(25)16-9-10-17(29-16)31(22,26)27/h2-11,18H,1H3,(H,23,24)(H2,22,26,27). The molecule has 162 valence electrons. The van der Waals surface area contributed by atoms with Gasteiger partial charge in [-0.25, -0.2) is 18.4 Å². The number of carbonyl (C=O) groups is 2. The van der Waals surface area contributed by atoms with Gasteiger partial charge in [-0.05, 0) is 30.3 Å². The lowest BCUT2D eigenvalue weighted by Crippen LogP contribution is -2.25. The molecule has 1 aromatic heterocycles. The lowest BCUT2D eigenvalue weighted by molar-refractivity contribution is -0.125. The number of carbonyl (C=O) groups excluding carboxylic acids is 2. The van der Waals surface area contributed by atoms with E-state index >= 15 is 0 Å². The van der Waals surface area contributed by atoms with Crippen LogP contribution in [-0.2, 0) is 19.6 Å². The highest BCUT2D eigenvalue weighted by Gasteiger charge is 2.28. The van der Waals surface area contributed by atoms with Crippen LogP contribution in [0.25, 0.3) is 0 Å². The van der Waals surface area contributed by atoms with Gasteiger partial charge in [-0.3, -0.25) is 4.79 Å². The van der Waals surface area contributed by atoms with Crippen LogP contribution in [0.5, 0.6) is 5.75 Å². The number of primary sulfonamides is 1. The maximum absolute atomic E-state index is 12.9. The van der Waals surface area contributed by atoms with Crippen LogP contribution < -0.4 is 15.2 Å². The van der Waals surface area contributed by atoms with Crippen molar-refractivity contribution in [2.75, 3.05) is 12.4 Å². The first-order chi connectivity index (χ1) is 14.7. The molecule has 31 heavy (non-hydrogen) atoms. The first kappa shape index (κ1) is 22.3. The van der Waals surface area contributed by atoms with Gasteiger partial charge in [-0.15, -0.1) is 0 Å². The molecule has 0 radical (unpaired) electrons. The number of anilines is 1. The molecule has 0 fully saturated rings. The fourth-order valence-corrected chi connectivity index (χ4v) is 3.32. The maximum atomic E-state index is 12.9. The minimum Gasteiger partial charge on any atom is -0.495 e. The summed E-state index contributed by atoms with van der Waals surface area (Å²) in [6.07, 6.45) is -1.36. The Balaban J connectivity index is 1.85. The fourth-order valence-electron chi connectivity index (χ4n) is 2.60. The van der Waals surface area contributed by atoms with Crippen LogP contribution in [0.2, 0.25) is 5.02 Å². The number of benzene rings is 2. The first-order valence-electron chi connectivity index (χ1n) is 8.72. The number of sulfonamides is 1. The Bertz CT molecular complexity index is 1210. The highest BCUT2D eigenvalue weighted by Crippen LogP contribution is 2.28. The molecule has 2 aromatic carbocycles. The average Bonchev–Trinajstić information content (AvgIpc) is 3.23. The van der Waals surface area contributed by atoms with Crippen LogP contribution in [0.1, 0.15) is 22.2 Å². The first-order valence-corrected chi connectivity index (χ1v) is 10.6. The third kappa shape index (κ3) is 5.43. The Morgan fingerprint density at radius 3 is 2.39 bits per heavy atom. The van der Waals surface area contributed by atoms with Gasteiger partial charge in [0.1, 0.15) is 5.75 Å². The summed E-state index contributed by atoms with van der Waals surface area (Å²) in [5, 5.41) is 7.26. The number of methoxy groups -OCH3 is 1. The van der Waals surface area contributed by atoms with Gasteiger partial charge in [0.2, 0.25) is 17.0 Å². The molecule has 1 amide bonds. The van der Waals surface area contributed by atoms with Gasteiger partial charge in [0, 0.05) is 11.3 Å². The Hall–Kier alpha value is -3.34. The number of ether oxygens (including phenoxy) is 2. The Kier molecular flexibility index (Phi) is 6.64. The van der Waals surface area contributed by atoms with E-state index in [1.165, 1.54) is 13.2 Å². The summed E-state index contributed by atoms with van der Waals surface area (Å²) in [5.74, 6) is -1.72. The van der Waals surface area contributed by atoms with Gasteiger partial charge in [-0.2, -0.15) is 0 Å². The van der Waals surface area contributed by atoms with Gasteiger partial charge < -0.3 is 19.2 Å². The van der Waals surface area contributed by atoms with Crippen molar-refractivity contribution >= 4 is 39.2 Å². The molecule has 1 unspecified atom stereocenters. The molecule has 0 saturated heterocycles. The molecule has 0 aliphatic carbocycles. The number of halogens is 1. The van der Waals surface area contributed by atoms with Crippen LogP contribution in [-0.4, -0.2) is 27.4 Å². The van der Waals surface area contributed by atoms with E-state index in [4.69, 9.17) is 30.6 Å². The molecule has 1 atom stereocenters. The van der Waals surface area contributed by atoms with Crippen molar-refractivity contribution in [2.45, 2.75) is 11.2 Å². The molecule has 3 aromatic rings. The van der Waals surface area contributed by atoms with E-state index in [0.29, 0.717) is 17.0 Å². The highest BCUT2D eigenvalue weighted by atomic mass is 35.5. The summed E-state index contributed by atoms with van der Waals surface area (Å²) in [5.41, 5.74) is 0.730. The quantitative estimate of drug-likeness (QED) is 0.512. The van der Waals surface area contributed by atoms with Crippen LogP contribution in [0, 0.1) is 0 Å². The monoisotopic (exact) mass is 464 g/mol. The molecule has 3 N–H and O–H groups in total. The molecule has 9 nitrogen and oxygen atoms in total. The summed E-state index contributed by atoms with van der Waals surface area (Å²) in [7, 11) is -2.68. The van der Waals surface area contributed by atoms with Crippen molar-refractivity contribution in [1.29, 1.82) is 0 Å². The number of hydrogen-bond acceptors (Lipinski definition) is 7. The number of nitrogens with two attached hydrogens (primary N) is 1. The molecule has 0 aliphatic rings. The van der Waals surface area contributed by atoms with Gasteiger partial charge in [-0.1, -0.05) is 41.9 Å². The molecule has 11 heteroatoms. The lowest BCUT2D eigenvalue weighted by atomic mass is 10.1. The van der Waals surface area contributed by atoms with E-state index in [2.05, 4.69) is 5.32 Å². The van der Waals surface area contributed by atoms with Crippen molar-refractivity contribution in [3.8, 4) is 5.75 Å². The van der Waals surface area contributed by atoms with E-state index in [1.807, 2.05) is 0 Å². The average molecular weight is 465 g/mol. The smallest absolute Gasteiger partial charge is 0.375 e. The Morgan fingerprint density at radius 1 is 1.10 bits per heavy atom. The summed E-state index contributed by atoms with van der Waals surface area (Å²) in [4.78, 5) is 25.4. The summed E-state index contributed by atoms with van der Waals surface area (Å²) in [6.45, 7) is 0. The van der Waals surface area contributed by atoms with Crippen molar-refractivity contribution in [2.24, 2.45) is 5.14 Å². The highest BCUT2D eigenvalue weighted by molar-refractivity contribution is 7.89. The van der Waals surface area contributed by atoms with Gasteiger partial charge in [0.25, 0.3) is 15.9 Å². The van der Waals surface area contributed by atoms with Crippen LogP contribution in [0.15, 0.2) is 70.2 Å². The zero-order chi connectivity index (χ0) is 22.6. The maximum Gasteiger partial charge on any atom is 0.375 e. The molecule has 0 bridgehead atoms. The molecule has 0 spiro atoms. The predicted octanol–water partition coefficient (Wildman–Crippen LogP) is 3.13. The van der Waals surface area contributed by atoms with Crippen LogP contribution >= 0.6 is 11.6 Å².